The molecule has 1 aliphatic carbocycles. The van der Waals surface area contributed by atoms with Crippen molar-refractivity contribution in [2.75, 3.05) is 19.6 Å². The molecule has 2 unspecified atom stereocenters. The maximum absolute atomic E-state index is 14.5. The molecule has 2 aromatic carbocycles. The van der Waals surface area contributed by atoms with Gasteiger partial charge in [0.05, 0.1) is 16.6 Å². The predicted molar refractivity (Wildman–Crippen MR) is 160 cm³/mol. The van der Waals surface area contributed by atoms with Gasteiger partial charge in [-0.3, -0.25) is 9.69 Å². The number of hydrogen-bond donors (Lipinski definition) is 1. The van der Waals surface area contributed by atoms with Crippen LogP contribution in [0.5, 0.6) is 0 Å². The second-order valence-electron chi connectivity index (χ2n) is 13.5. The zero-order chi connectivity index (χ0) is 28.2. The number of carbonyl (C=O) groups excluding carboxylic acids is 1. The lowest BCUT2D eigenvalue weighted by atomic mass is 9.70. The van der Waals surface area contributed by atoms with Gasteiger partial charge in [0, 0.05) is 31.2 Å². The van der Waals surface area contributed by atoms with Crippen molar-refractivity contribution < 1.29 is 9.18 Å². The highest BCUT2D eigenvalue weighted by molar-refractivity contribution is 5.86. The molecule has 0 spiro atoms. The van der Waals surface area contributed by atoms with E-state index in [1.165, 1.54) is 18.4 Å². The summed E-state index contributed by atoms with van der Waals surface area (Å²) in [6, 6.07) is 17.4. The molecule has 2 atom stereocenters. The third kappa shape index (κ3) is 4.79. The number of benzene rings is 2. The minimum absolute atomic E-state index is 0.121. The molecule has 6 nitrogen and oxygen atoms in total. The maximum Gasteiger partial charge on any atom is 0.242 e. The number of aromatic nitrogens is 2. The minimum Gasteiger partial charge on any atom is -0.341 e. The van der Waals surface area contributed by atoms with Crippen LogP contribution in [0.15, 0.2) is 48.5 Å². The van der Waals surface area contributed by atoms with Gasteiger partial charge in [0.1, 0.15) is 11.6 Å². The van der Waals surface area contributed by atoms with E-state index < -0.39 is 5.54 Å². The molecule has 3 aliphatic heterocycles. The van der Waals surface area contributed by atoms with E-state index >= 15 is 0 Å². The summed E-state index contributed by atoms with van der Waals surface area (Å²) in [4.78, 5) is 23.0. The van der Waals surface area contributed by atoms with Crippen LogP contribution in [0.25, 0.3) is 11.0 Å². The fraction of sp³-hybridized carbons (Fsp3) is 0.588. The van der Waals surface area contributed by atoms with Crippen molar-refractivity contribution in [2.24, 2.45) is 5.73 Å². The van der Waals surface area contributed by atoms with Gasteiger partial charge in [0.15, 0.2) is 0 Å². The monoisotopic (exact) mass is 557 g/mol. The second-order valence-corrected chi connectivity index (χ2v) is 13.5. The maximum atomic E-state index is 14.5. The first kappa shape index (κ1) is 27.1. The van der Waals surface area contributed by atoms with E-state index in [9.17, 15) is 9.18 Å². The lowest BCUT2D eigenvalue weighted by Crippen LogP contribution is -2.57. The number of aryl methyl sites for hydroxylation is 1. The summed E-state index contributed by atoms with van der Waals surface area (Å²) in [6.45, 7) is 4.58. The molecular formula is C34H44FN5O. The Hall–Kier alpha value is -2.77. The van der Waals surface area contributed by atoms with Crippen molar-refractivity contribution >= 4 is 16.9 Å². The summed E-state index contributed by atoms with van der Waals surface area (Å²) in [7, 11) is 0. The quantitative estimate of drug-likeness (QED) is 0.412. The second kappa shape index (κ2) is 10.5. The molecule has 7 rings (SSSR count). The number of hydrogen-bond acceptors (Lipinski definition) is 4. The van der Waals surface area contributed by atoms with Crippen LogP contribution in [0.3, 0.4) is 0 Å². The molecule has 41 heavy (non-hydrogen) atoms. The summed E-state index contributed by atoms with van der Waals surface area (Å²) < 4.78 is 17.0. The fourth-order valence-corrected chi connectivity index (χ4v) is 8.96. The lowest BCUT2D eigenvalue weighted by molar-refractivity contribution is -0.138. The van der Waals surface area contributed by atoms with Crippen molar-refractivity contribution in [2.45, 2.75) is 107 Å². The van der Waals surface area contributed by atoms with Crippen molar-refractivity contribution in [3.63, 3.8) is 0 Å². The number of piperidine rings is 2. The molecule has 7 heteroatoms. The van der Waals surface area contributed by atoms with E-state index in [0.717, 1.165) is 81.2 Å². The average Bonchev–Trinajstić information content (AvgIpc) is 3.64. The minimum atomic E-state index is -0.679. The zero-order valence-corrected chi connectivity index (χ0v) is 24.4. The fourth-order valence-electron chi connectivity index (χ4n) is 8.96. The van der Waals surface area contributed by atoms with Crippen molar-refractivity contribution in [3.05, 3.63) is 65.7 Å². The lowest BCUT2D eigenvalue weighted by Gasteiger charge is -2.46. The SMILES string of the molecule is Cc1nc2ccccc2n1C1CC2CCC(C1)N2CCC1(c2cccc(F)c2)CCN(C(=O)C2(N)CCCC2)CC1. The van der Waals surface area contributed by atoms with Crippen LogP contribution in [-0.4, -0.2) is 62.5 Å². The van der Waals surface area contributed by atoms with E-state index in [-0.39, 0.29) is 17.1 Å². The Balaban J connectivity index is 1.07. The molecule has 1 aromatic heterocycles. The molecule has 4 aliphatic rings. The first-order chi connectivity index (χ1) is 19.9. The number of fused-ring (bicyclic) bond motifs is 3. The number of halogens is 1. The largest absolute Gasteiger partial charge is 0.341 e. The van der Waals surface area contributed by atoms with Gasteiger partial charge < -0.3 is 15.2 Å². The van der Waals surface area contributed by atoms with Crippen LogP contribution >= 0.6 is 0 Å². The third-order valence-corrected chi connectivity index (χ3v) is 11.2. The molecule has 1 amide bonds. The first-order valence-corrected chi connectivity index (χ1v) is 15.9. The Labute approximate surface area is 243 Å². The standard InChI is InChI=1S/C34H44FN5O/c1-24-37-30-9-2-3-10-31(30)40(24)29-22-27-11-12-28(23-29)39(27)20-17-33(25-7-6-8-26(35)21-25)15-18-38(19-16-33)32(41)34(36)13-4-5-14-34/h2-3,6-10,21,27-29H,4-5,11-20,22-23,36H2,1H3. The van der Waals surface area contributed by atoms with Crippen LogP contribution in [0.1, 0.15) is 88.1 Å². The highest BCUT2D eigenvalue weighted by Crippen LogP contribution is 2.45. The molecule has 218 valence electrons. The first-order valence-electron chi connectivity index (χ1n) is 15.9. The van der Waals surface area contributed by atoms with Gasteiger partial charge in [-0.15, -0.1) is 0 Å². The molecule has 3 saturated heterocycles. The summed E-state index contributed by atoms with van der Waals surface area (Å²) in [5.41, 5.74) is 9.20. The summed E-state index contributed by atoms with van der Waals surface area (Å²) >= 11 is 0. The van der Waals surface area contributed by atoms with Crippen molar-refractivity contribution in [3.8, 4) is 0 Å². The zero-order valence-electron chi connectivity index (χ0n) is 24.4. The number of likely N-dealkylation sites (tertiary alicyclic amines) is 1. The number of para-hydroxylation sites is 2. The van der Waals surface area contributed by atoms with E-state index in [0.29, 0.717) is 31.2 Å². The molecular weight excluding hydrogens is 513 g/mol. The highest BCUT2D eigenvalue weighted by atomic mass is 19.1. The Morgan fingerprint density at radius 2 is 1.68 bits per heavy atom. The van der Waals surface area contributed by atoms with Gasteiger partial charge in [-0.2, -0.15) is 0 Å². The molecule has 3 aromatic rings. The normalized spacial score (nSPS) is 27.5. The summed E-state index contributed by atoms with van der Waals surface area (Å²) in [6.07, 6.45) is 11.2. The third-order valence-electron chi connectivity index (χ3n) is 11.2. The van der Waals surface area contributed by atoms with E-state index in [4.69, 9.17) is 10.7 Å². The predicted octanol–water partition coefficient (Wildman–Crippen LogP) is 5.87. The van der Waals surface area contributed by atoms with E-state index in [2.05, 4.69) is 46.7 Å². The molecule has 4 heterocycles. The Morgan fingerprint density at radius 1 is 0.976 bits per heavy atom. The number of amides is 1. The van der Waals surface area contributed by atoms with Gasteiger partial charge in [-0.05, 0) is 106 Å². The molecule has 0 radical (unpaired) electrons. The van der Waals surface area contributed by atoms with Gasteiger partial charge in [0.2, 0.25) is 5.91 Å². The van der Waals surface area contributed by atoms with E-state index in [1.54, 1.807) is 12.1 Å². The van der Waals surface area contributed by atoms with Gasteiger partial charge in [-0.1, -0.05) is 37.1 Å². The van der Waals surface area contributed by atoms with Crippen molar-refractivity contribution in [1.29, 1.82) is 0 Å². The van der Waals surface area contributed by atoms with Crippen LogP contribution in [0, 0.1) is 12.7 Å². The Bertz CT molecular complexity index is 1410. The Kier molecular flexibility index (Phi) is 6.94. The smallest absolute Gasteiger partial charge is 0.242 e. The summed E-state index contributed by atoms with van der Waals surface area (Å²) in [5, 5.41) is 0. The Morgan fingerprint density at radius 3 is 2.39 bits per heavy atom. The number of imidazole rings is 1. The van der Waals surface area contributed by atoms with Crippen molar-refractivity contribution in [1.82, 2.24) is 19.4 Å². The molecule has 2 bridgehead atoms. The number of carbonyl (C=O) groups is 1. The molecule has 2 N–H and O–H groups in total. The molecule has 1 saturated carbocycles. The number of nitrogens with zero attached hydrogens (tertiary/aromatic N) is 4. The van der Waals surface area contributed by atoms with Crippen LogP contribution in [-0.2, 0) is 10.2 Å². The van der Waals surface area contributed by atoms with E-state index in [1.807, 2.05) is 11.0 Å². The van der Waals surface area contributed by atoms with Crippen LogP contribution in [0.2, 0.25) is 0 Å². The number of nitrogens with two attached hydrogens (primary N) is 1. The summed E-state index contributed by atoms with van der Waals surface area (Å²) in [5.74, 6) is 1.08. The van der Waals surface area contributed by atoms with Crippen LogP contribution in [0.4, 0.5) is 4.39 Å². The van der Waals surface area contributed by atoms with Gasteiger partial charge in [-0.25, -0.2) is 9.37 Å². The van der Waals surface area contributed by atoms with Gasteiger partial charge >= 0.3 is 0 Å². The average molecular weight is 558 g/mol. The van der Waals surface area contributed by atoms with Gasteiger partial charge in [0.25, 0.3) is 0 Å². The van der Waals surface area contributed by atoms with Crippen LogP contribution < -0.4 is 5.73 Å². The highest BCUT2D eigenvalue weighted by Gasteiger charge is 2.46. The number of rotatable bonds is 6. The topological polar surface area (TPSA) is 67.4 Å². The molecule has 4 fully saturated rings.